The van der Waals surface area contributed by atoms with E-state index in [1.54, 1.807) is 48.5 Å². The lowest BCUT2D eigenvalue weighted by molar-refractivity contribution is 0.101. The predicted octanol–water partition coefficient (Wildman–Crippen LogP) is 4.80. The molecule has 0 spiro atoms. The lowest BCUT2D eigenvalue weighted by Crippen LogP contribution is -2.14. The summed E-state index contributed by atoms with van der Waals surface area (Å²) in [6.07, 6.45) is 0. The predicted molar refractivity (Wildman–Crippen MR) is 108 cm³/mol. The average molecular weight is 442 g/mol. The van der Waals surface area contributed by atoms with Crippen LogP contribution in [0.2, 0.25) is 0 Å². The first-order valence-electron chi connectivity index (χ1n) is 7.65. The van der Waals surface area contributed by atoms with Crippen molar-refractivity contribution in [3.63, 3.8) is 0 Å². The van der Waals surface area contributed by atoms with Crippen molar-refractivity contribution in [2.24, 2.45) is 0 Å². The molecule has 0 heterocycles. The summed E-state index contributed by atoms with van der Waals surface area (Å²) in [6, 6.07) is 23.3. The molecule has 0 aliphatic carbocycles. The number of carbonyl (C=O) groups excluding carboxylic acids is 2. The summed E-state index contributed by atoms with van der Waals surface area (Å²) in [5.74, 6) is -0.437. The highest BCUT2D eigenvalue weighted by atomic mass is 127. The number of benzene rings is 3. The number of nitrogens with one attached hydrogen (secondary N) is 2. The molecular formula is C20H15IN2O2. The molecule has 2 N–H and O–H groups in total. The first-order valence-corrected chi connectivity index (χ1v) is 8.73. The summed E-state index contributed by atoms with van der Waals surface area (Å²) in [5, 5.41) is 5.65. The molecule has 3 aromatic rings. The molecule has 3 rings (SSSR count). The highest BCUT2D eigenvalue weighted by Gasteiger charge is 2.09. The van der Waals surface area contributed by atoms with Gasteiger partial charge in [0.25, 0.3) is 11.8 Å². The van der Waals surface area contributed by atoms with Crippen molar-refractivity contribution in [3.05, 3.63) is 93.6 Å². The molecule has 5 heteroatoms. The Morgan fingerprint density at radius 3 is 1.96 bits per heavy atom. The largest absolute Gasteiger partial charge is 0.322 e. The van der Waals surface area contributed by atoms with Gasteiger partial charge in [-0.25, -0.2) is 0 Å². The van der Waals surface area contributed by atoms with Gasteiger partial charge in [-0.05, 0) is 77.2 Å². The number of amides is 2. The summed E-state index contributed by atoms with van der Waals surface area (Å²) in [7, 11) is 0. The third-order valence-electron chi connectivity index (χ3n) is 3.52. The Balaban J connectivity index is 1.71. The number of rotatable bonds is 4. The zero-order chi connectivity index (χ0) is 17.6. The van der Waals surface area contributed by atoms with Crippen LogP contribution in [-0.4, -0.2) is 11.8 Å². The standard InChI is InChI=1S/C20H15IN2O2/c21-16-9-11-17(12-10-16)22-20(25)15-7-4-8-18(13-15)23-19(24)14-5-2-1-3-6-14/h1-13H,(H,22,25)(H,23,24). The van der Waals surface area contributed by atoms with Gasteiger partial charge in [-0.15, -0.1) is 0 Å². The second-order valence-electron chi connectivity index (χ2n) is 5.36. The molecule has 3 aromatic carbocycles. The smallest absolute Gasteiger partial charge is 0.255 e. The molecule has 25 heavy (non-hydrogen) atoms. The molecule has 2 amide bonds. The van der Waals surface area contributed by atoms with E-state index in [-0.39, 0.29) is 11.8 Å². The van der Waals surface area contributed by atoms with Crippen LogP contribution in [0.3, 0.4) is 0 Å². The monoisotopic (exact) mass is 442 g/mol. The highest BCUT2D eigenvalue weighted by molar-refractivity contribution is 14.1. The molecule has 0 aliphatic heterocycles. The van der Waals surface area contributed by atoms with Gasteiger partial charge >= 0.3 is 0 Å². The Labute approximate surface area is 159 Å². The minimum absolute atomic E-state index is 0.212. The van der Waals surface area contributed by atoms with Crippen LogP contribution in [0, 0.1) is 3.57 Å². The van der Waals surface area contributed by atoms with Gasteiger partial charge < -0.3 is 10.6 Å². The van der Waals surface area contributed by atoms with Crippen LogP contribution in [0.15, 0.2) is 78.9 Å². The van der Waals surface area contributed by atoms with Gasteiger partial charge in [0, 0.05) is 26.1 Å². The first kappa shape index (κ1) is 17.2. The van der Waals surface area contributed by atoms with Gasteiger partial charge in [-0.2, -0.15) is 0 Å². The summed E-state index contributed by atoms with van der Waals surface area (Å²) < 4.78 is 1.10. The van der Waals surface area contributed by atoms with Gasteiger partial charge in [0.2, 0.25) is 0 Å². The molecule has 0 unspecified atom stereocenters. The van der Waals surface area contributed by atoms with E-state index in [9.17, 15) is 9.59 Å². The number of halogens is 1. The fourth-order valence-corrected chi connectivity index (χ4v) is 2.63. The number of carbonyl (C=O) groups is 2. The minimum Gasteiger partial charge on any atom is -0.322 e. The van der Waals surface area contributed by atoms with Crippen LogP contribution in [0.1, 0.15) is 20.7 Å². The summed E-state index contributed by atoms with van der Waals surface area (Å²) in [6.45, 7) is 0. The SMILES string of the molecule is O=C(Nc1cccc(C(=O)Nc2ccc(I)cc2)c1)c1ccccc1. The van der Waals surface area contributed by atoms with E-state index in [1.807, 2.05) is 30.3 Å². The van der Waals surface area contributed by atoms with Crippen LogP contribution in [0.5, 0.6) is 0 Å². The fraction of sp³-hybridized carbons (Fsp3) is 0. The van der Waals surface area contributed by atoms with Crippen LogP contribution in [-0.2, 0) is 0 Å². The normalized spacial score (nSPS) is 10.1. The highest BCUT2D eigenvalue weighted by Crippen LogP contribution is 2.16. The second kappa shape index (κ2) is 7.94. The average Bonchev–Trinajstić information content (AvgIpc) is 2.64. The van der Waals surface area contributed by atoms with Gasteiger partial charge in [-0.3, -0.25) is 9.59 Å². The second-order valence-corrected chi connectivity index (χ2v) is 6.61. The third-order valence-corrected chi connectivity index (χ3v) is 4.24. The molecule has 0 saturated heterocycles. The molecule has 0 saturated carbocycles. The molecule has 0 fully saturated rings. The van der Waals surface area contributed by atoms with Gasteiger partial charge in [0.15, 0.2) is 0 Å². The molecular weight excluding hydrogens is 427 g/mol. The quantitative estimate of drug-likeness (QED) is 0.571. The van der Waals surface area contributed by atoms with Crippen LogP contribution in [0.4, 0.5) is 11.4 Å². The molecule has 0 aliphatic rings. The Hall–Kier alpha value is -2.67. The van der Waals surface area contributed by atoms with E-state index < -0.39 is 0 Å². The molecule has 0 atom stereocenters. The Bertz CT molecular complexity index is 893. The van der Waals surface area contributed by atoms with Gasteiger partial charge in [0.1, 0.15) is 0 Å². The van der Waals surface area contributed by atoms with Crippen molar-refractivity contribution in [2.75, 3.05) is 10.6 Å². The van der Waals surface area contributed by atoms with Crippen molar-refractivity contribution in [1.82, 2.24) is 0 Å². The van der Waals surface area contributed by atoms with E-state index in [0.29, 0.717) is 16.8 Å². The Kier molecular flexibility index (Phi) is 5.45. The zero-order valence-corrected chi connectivity index (χ0v) is 15.4. The van der Waals surface area contributed by atoms with Crippen molar-refractivity contribution in [3.8, 4) is 0 Å². The molecule has 0 aromatic heterocycles. The Morgan fingerprint density at radius 1 is 0.640 bits per heavy atom. The van der Waals surface area contributed by atoms with E-state index in [4.69, 9.17) is 0 Å². The number of hydrogen-bond acceptors (Lipinski definition) is 2. The lowest BCUT2D eigenvalue weighted by atomic mass is 10.1. The maximum absolute atomic E-state index is 12.4. The van der Waals surface area contributed by atoms with Crippen molar-refractivity contribution in [1.29, 1.82) is 0 Å². The van der Waals surface area contributed by atoms with E-state index >= 15 is 0 Å². The Morgan fingerprint density at radius 2 is 1.24 bits per heavy atom. The molecule has 124 valence electrons. The first-order chi connectivity index (χ1) is 12.1. The summed E-state index contributed by atoms with van der Waals surface area (Å²) >= 11 is 2.21. The number of anilines is 2. The molecule has 0 bridgehead atoms. The maximum Gasteiger partial charge on any atom is 0.255 e. The van der Waals surface area contributed by atoms with Crippen molar-refractivity contribution < 1.29 is 9.59 Å². The van der Waals surface area contributed by atoms with E-state index in [1.165, 1.54) is 0 Å². The van der Waals surface area contributed by atoms with E-state index in [2.05, 4.69) is 33.2 Å². The van der Waals surface area contributed by atoms with Crippen molar-refractivity contribution in [2.45, 2.75) is 0 Å². The van der Waals surface area contributed by atoms with Gasteiger partial charge in [-0.1, -0.05) is 24.3 Å². The van der Waals surface area contributed by atoms with Crippen LogP contribution < -0.4 is 10.6 Å². The summed E-state index contributed by atoms with van der Waals surface area (Å²) in [4.78, 5) is 24.6. The number of hydrogen-bond donors (Lipinski definition) is 2. The topological polar surface area (TPSA) is 58.2 Å². The lowest BCUT2D eigenvalue weighted by Gasteiger charge is -2.09. The molecule has 4 nitrogen and oxygen atoms in total. The maximum atomic E-state index is 12.4. The van der Waals surface area contributed by atoms with Crippen molar-refractivity contribution >= 4 is 45.8 Å². The minimum atomic E-state index is -0.225. The van der Waals surface area contributed by atoms with Crippen LogP contribution in [0.25, 0.3) is 0 Å². The van der Waals surface area contributed by atoms with E-state index in [0.717, 1.165) is 9.26 Å². The fourth-order valence-electron chi connectivity index (χ4n) is 2.27. The molecule has 0 radical (unpaired) electrons. The van der Waals surface area contributed by atoms with Gasteiger partial charge in [0.05, 0.1) is 0 Å². The third kappa shape index (κ3) is 4.67. The van der Waals surface area contributed by atoms with Crippen LogP contribution >= 0.6 is 22.6 Å². The zero-order valence-electron chi connectivity index (χ0n) is 13.2. The summed E-state index contributed by atoms with van der Waals surface area (Å²) in [5.41, 5.74) is 2.34.